The Kier molecular flexibility index (Phi) is 4.32. The molecule has 2 aromatic heterocycles. The molecular formula is C16H20N4O2S. The van der Waals surface area contributed by atoms with Gasteiger partial charge in [0.05, 0.1) is 6.04 Å². The molecule has 0 amide bonds. The first-order chi connectivity index (χ1) is 11.0. The molecule has 6 nitrogen and oxygen atoms in total. The van der Waals surface area contributed by atoms with E-state index in [4.69, 9.17) is 0 Å². The number of hydrogen-bond donors (Lipinski definition) is 0. The summed E-state index contributed by atoms with van der Waals surface area (Å²) in [6.07, 6.45) is 6.38. The Hall–Kier alpha value is -1.99. The Balaban J connectivity index is 1.96. The predicted octanol–water partition coefficient (Wildman–Crippen LogP) is 2.07. The van der Waals surface area contributed by atoms with Crippen molar-refractivity contribution in [3.63, 3.8) is 0 Å². The average Bonchev–Trinajstić information content (AvgIpc) is 3.06. The van der Waals surface area contributed by atoms with Crippen molar-refractivity contribution in [1.29, 1.82) is 0 Å². The lowest BCUT2D eigenvalue weighted by atomic mass is 10.1. The number of anilines is 1. The van der Waals surface area contributed by atoms with Crippen molar-refractivity contribution in [3.05, 3.63) is 48.4 Å². The van der Waals surface area contributed by atoms with Crippen LogP contribution >= 0.6 is 0 Å². The summed E-state index contributed by atoms with van der Waals surface area (Å²) in [6, 6.07) is 6.95. The van der Waals surface area contributed by atoms with E-state index in [1.807, 2.05) is 31.1 Å². The van der Waals surface area contributed by atoms with Crippen molar-refractivity contribution < 1.29 is 8.42 Å². The molecule has 0 unspecified atom stereocenters. The van der Waals surface area contributed by atoms with Gasteiger partial charge in [-0.3, -0.25) is 4.98 Å². The quantitative estimate of drug-likeness (QED) is 0.857. The largest absolute Gasteiger partial charge is 0.363 e. The molecule has 122 valence electrons. The van der Waals surface area contributed by atoms with Gasteiger partial charge in [0, 0.05) is 39.2 Å². The van der Waals surface area contributed by atoms with E-state index in [2.05, 4.69) is 9.97 Å². The van der Waals surface area contributed by atoms with Gasteiger partial charge in [0.2, 0.25) is 10.0 Å². The van der Waals surface area contributed by atoms with Crippen LogP contribution in [0.15, 0.2) is 47.8 Å². The molecule has 0 aliphatic carbocycles. The molecule has 1 saturated heterocycles. The van der Waals surface area contributed by atoms with Crippen LogP contribution in [0.3, 0.4) is 0 Å². The molecule has 0 saturated carbocycles. The third kappa shape index (κ3) is 3.07. The molecule has 3 heterocycles. The fourth-order valence-corrected chi connectivity index (χ4v) is 4.53. The fraction of sp³-hybridized carbons (Fsp3) is 0.375. The standard InChI is InChI=1S/C16H20N4O2S/c1-19(2)16-11-13(7-9-18-16)15-6-4-10-20(15)23(21,22)14-5-3-8-17-12-14/h3,5,7-9,11-12,15H,4,6,10H2,1-2H3/t15-/m0/s1. The molecular weight excluding hydrogens is 312 g/mol. The van der Waals surface area contributed by atoms with Gasteiger partial charge < -0.3 is 4.90 Å². The van der Waals surface area contributed by atoms with Crippen molar-refractivity contribution in [2.45, 2.75) is 23.8 Å². The third-order valence-corrected chi connectivity index (χ3v) is 5.95. The molecule has 1 fully saturated rings. The van der Waals surface area contributed by atoms with E-state index in [1.165, 1.54) is 6.20 Å². The Bertz CT molecular complexity index is 778. The van der Waals surface area contributed by atoms with Gasteiger partial charge in [0.1, 0.15) is 10.7 Å². The van der Waals surface area contributed by atoms with Gasteiger partial charge in [0.25, 0.3) is 0 Å². The highest BCUT2D eigenvalue weighted by Gasteiger charge is 2.36. The lowest BCUT2D eigenvalue weighted by molar-refractivity contribution is 0.396. The van der Waals surface area contributed by atoms with Crippen molar-refractivity contribution >= 4 is 15.8 Å². The molecule has 2 aromatic rings. The number of nitrogens with zero attached hydrogens (tertiary/aromatic N) is 4. The second kappa shape index (κ2) is 6.25. The van der Waals surface area contributed by atoms with E-state index in [-0.39, 0.29) is 10.9 Å². The Morgan fingerprint density at radius 1 is 1.26 bits per heavy atom. The third-order valence-electron chi connectivity index (χ3n) is 4.06. The maximum absolute atomic E-state index is 12.9. The first-order valence-corrected chi connectivity index (χ1v) is 8.99. The Morgan fingerprint density at radius 3 is 2.78 bits per heavy atom. The van der Waals surface area contributed by atoms with Crippen LogP contribution in [0.25, 0.3) is 0 Å². The molecule has 1 atom stereocenters. The minimum atomic E-state index is -3.53. The molecule has 0 spiro atoms. The van der Waals surface area contributed by atoms with Crippen LogP contribution in [0.4, 0.5) is 5.82 Å². The molecule has 3 rings (SSSR count). The normalized spacial score (nSPS) is 19.0. The molecule has 1 aliphatic rings. The van der Waals surface area contributed by atoms with Gasteiger partial charge in [-0.05, 0) is 42.7 Å². The van der Waals surface area contributed by atoms with Gasteiger partial charge in [-0.1, -0.05) is 0 Å². The zero-order chi connectivity index (χ0) is 16.4. The van der Waals surface area contributed by atoms with E-state index in [0.717, 1.165) is 24.2 Å². The molecule has 1 aliphatic heterocycles. The highest BCUT2D eigenvalue weighted by atomic mass is 32.2. The monoisotopic (exact) mass is 332 g/mol. The van der Waals surface area contributed by atoms with E-state index in [0.29, 0.717) is 6.54 Å². The zero-order valence-corrected chi connectivity index (χ0v) is 14.1. The summed E-state index contributed by atoms with van der Waals surface area (Å²) >= 11 is 0. The van der Waals surface area contributed by atoms with Crippen LogP contribution in [-0.4, -0.2) is 43.3 Å². The van der Waals surface area contributed by atoms with Gasteiger partial charge in [-0.2, -0.15) is 4.31 Å². The highest BCUT2D eigenvalue weighted by Crippen LogP contribution is 2.36. The molecule has 0 N–H and O–H groups in total. The molecule has 7 heteroatoms. The lowest BCUT2D eigenvalue weighted by Crippen LogP contribution is -2.30. The SMILES string of the molecule is CN(C)c1cc([C@@H]2CCCN2S(=O)(=O)c2cccnc2)ccn1. The maximum atomic E-state index is 12.9. The smallest absolute Gasteiger partial charge is 0.245 e. The number of rotatable bonds is 4. The maximum Gasteiger partial charge on any atom is 0.245 e. The van der Waals surface area contributed by atoms with Crippen LogP contribution in [0, 0.1) is 0 Å². The predicted molar refractivity (Wildman–Crippen MR) is 88.7 cm³/mol. The van der Waals surface area contributed by atoms with E-state index >= 15 is 0 Å². The van der Waals surface area contributed by atoms with E-state index in [1.54, 1.807) is 28.8 Å². The van der Waals surface area contributed by atoms with Crippen LogP contribution in [0.2, 0.25) is 0 Å². The minimum absolute atomic E-state index is 0.151. The van der Waals surface area contributed by atoms with Crippen molar-refractivity contribution in [2.75, 3.05) is 25.5 Å². The number of sulfonamides is 1. The summed E-state index contributed by atoms with van der Waals surface area (Å²) < 4.78 is 27.4. The van der Waals surface area contributed by atoms with Crippen LogP contribution in [-0.2, 0) is 10.0 Å². The second-order valence-corrected chi connectivity index (χ2v) is 7.69. The molecule has 0 bridgehead atoms. The summed E-state index contributed by atoms with van der Waals surface area (Å²) in [6.45, 7) is 0.529. The van der Waals surface area contributed by atoms with E-state index < -0.39 is 10.0 Å². The molecule has 0 radical (unpaired) electrons. The summed E-state index contributed by atoms with van der Waals surface area (Å²) in [4.78, 5) is 10.4. The Labute approximate surface area is 136 Å². The van der Waals surface area contributed by atoms with Crippen LogP contribution in [0.5, 0.6) is 0 Å². The number of hydrogen-bond acceptors (Lipinski definition) is 5. The lowest BCUT2D eigenvalue weighted by Gasteiger charge is -2.25. The minimum Gasteiger partial charge on any atom is -0.363 e. The first-order valence-electron chi connectivity index (χ1n) is 7.55. The zero-order valence-electron chi connectivity index (χ0n) is 13.3. The summed E-state index contributed by atoms with van der Waals surface area (Å²) in [5.41, 5.74) is 0.980. The van der Waals surface area contributed by atoms with Crippen molar-refractivity contribution in [1.82, 2.24) is 14.3 Å². The Morgan fingerprint density at radius 2 is 2.09 bits per heavy atom. The van der Waals surface area contributed by atoms with Crippen LogP contribution < -0.4 is 4.90 Å². The number of pyridine rings is 2. The second-order valence-electron chi connectivity index (χ2n) is 5.80. The summed E-state index contributed by atoms with van der Waals surface area (Å²) in [7, 11) is 0.311. The summed E-state index contributed by atoms with van der Waals surface area (Å²) in [5, 5.41) is 0. The van der Waals surface area contributed by atoms with Gasteiger partial charge in [-0.25, -0.2) is 13.4 Å². The summed E-state index contributed by atoms with van der Waals surface area (Å²) in [5.74, 6) is 0.827. The fourth-order valence-electron chi connectivity index (χ4n) is 2.88. The van der Waals surface area contributed by atoms with Crippen molar-refractivity contribution in [2.24, 2.45) is 0 Å². The molecule has 23 heavy (non-hydrogen) atoms. The van der Waals surface area contributed by atoms with Crippen LogP contribution in [0.1, 0.15) is 24.4 Å². The van der Waals surface area contributed by atoms with Crippen molar-refractivity contribution in [3.8, 4) is 0 Å². The van der Waals surface area contributed by atoms with Gasteiger partial charge in [-0.15, -0.1) is 0 Å². The topological polar surface area (TPSA) is 66.4 Å². The van der Waals surface area contributed by atoms with E-state index in [9.17, 15) is 8.42 Å². The van der Waals surface area contributed by atoms with Gasteiger partial charge in [0.15, 0.2) is 0 Å². The highest BCUT2D eigenvalue weighted by molar-refractivity contribution is 7.89. The molecule has 0 aromatic carbocycles. The number of aromatic nitrogens is 2. The average molecular weight is 332 g/mol. The first kappa shape index (κ1) is 15.9. The van der Waals surface area contributed by atoms with Gasteiger partial charge >= 0.3 is 0 Å².